The molecule has 1 aromatic heterocycles. The molecule has 0 spiro atoms. The van der Waals surface area contributed by atoms with Gasteiger partial charge in [-0.3, -0.25) is 9.48 Å². The van der Waals surface area contributed by atoms with Crippen LogP contribution in [0.5, 0.6) is 0 Å². The predicted octanol–water partition coefficient (Wildman–Crippen LogP) is 2.51. The fourth-order valence-electron chi connectivity index (χ4n) is 2.74. The third-order valence-electron chi connectivity index (χ3n) is 4.57. The molecule has 0 radical (unpaired) electrons. The highest BCUT2D eigenvalue weighted by molar-refractivity contribution is 7.91. The molecule has 0 aliphatic heterocycles. The van der Waals surface area contributed by atoms with E-state index in [0.717, 1.165) is 25.0 Å². The lowest BCUT2D eigenvalue weighted by Gasteiger charge is -2.25. The van der Waals surface area contributed by atoms with Crippen molar-refractivity contribution in [3.05, 3.63) is 11.8 Å². The first-order chi connectivity index (χ1) is 11.0. The van der Waals surface area contributed by atoms with Crippen molar-refractivity contribution in [2.75, 3.05) is 16.8 Å². The lowest BCUT2D eigenvalue weighted by molar-refractivity contribution is -0.118. The number of nitrogens with one attached hydrogen (secondary N) is 1. The molecule has 1 atom stereocenters. The smallest absolute Gasteiger partial charge is 0.229 e. The predicted molar refractivity (Wildman–Crippen MR) is 95.7 cm³/mol. The molecule has 136 valence electrons. The molecule has 6 nitrogen and oxygen atoms in total. The summed E-state index contributed by atoms with van der Waals surface area (Å²) in [5.41, 5.74) is 0.768. The van der Waals surface area contributed by atoms with Gasteiger partial charge in [0.25, 0.3) is 0 Å². The standard InChI is InChI=1S/C17H29N3O3S/c1-12(10-24(22,23)11-13-7-6-8-13)16(21)18-15-9-14(17(2,3)4)19-20(15)5/h9,12-13H,6-8,10-11H2,1-5H3,(H,18,21). The summed E-state index contributed by atoms with van der Waals surface area (Å²) >= 11 is 0. The van der Waals surface area contributed by atoms with Crippen LogP contribution in [0.25, 0.3) is 0 Å². The first-order valence-electron chi connectivity index (χ1n) is 8.54. The van der Waals surface area contributed by atoms with E-state index in [2.05, 4.69) is 31.2 Å². The van der Waals surface area contributed by atoms with Crippen molar-refractivity contribution in [3.63, 3.8) is 0 Å². The quantitative estimate of drug-likeness (QED) is 0.850. The maximum atomic E-state index is 12.4. The van der Waals surface area contributed by atoms with E-state index in [9.17, 15) is 13.2 Å². The number of anilines is 1. The second-order valence-corrected chi connectivity index (χ2v) is 10.2. The molecule has 1 aliphatic carbocycles. The van der Waals surface area contributed by atoms with Crippen molar-refractivity contribution in [1.82, 2.24) is 9.78 Å². The summed E-state index contributed by atoms with van der Waals surface area (Å²) in [6.07, 6.45) is 3.10. The molecule has 1 aliphatic rings. The zero-order valence-corrected chi connectivity index (χ0v) is 16.1. The number of hydrogen-bond acceptors (Lipinski definition) is 4. The summed E-state index contributed by atoms with van der Waals surface area (Å²) in [7, 11) is -1.42. The summed E-state index contributed by atoms with van der Waals surface area (Å²) in [6.45, 7) is 7.82. The van der Waals surface area contributed by atoms with Crippen molar-refractivity contribution in [2.45, 2.75) is 52.4 Å². The average molecular weight is 356 g/mol. The minimum absolute atomic E-state index is 0.0979. The van der Waals surface area contributed by atoms with Gasteiger partial charge in [0.1, 0.15) is 5.82 Å². The number of hydrogen-bond donors (Lipinski definition) is 1. The first-order valence-corrected chi connectivity index (χ1v) is 10.4. The molecular formula is C17H29N3O3S. The number of aryl methyl sites for hydroxylation is 1. The number of carbonyl (C=O) groups is 1. The fraction of sp³-hybridized carbons (Fsp3) is 0.765. The number of aromatic nitrogens is 2. The van der Waals surface area contributed by atoms with Crippen LogP contribution in [0.15, 0.2) is 6.07 Å². The number of rotatable bonds is 6. The van der Waals surface area contributed by atoms with Crippen molar-refractivity contribution >= 4 is 21.6 Å². The maximum absolute atomic E-state index is 12.4. The minimum Gasteiger partial charge on any atom is -0.311 e. The summed E-state index contributed by atoms with van der Waals surface area (Å²) < 4.78 is 26.0. The Morgan fingerprint density at radius 1 is 1.42 bits per heavy atom. The molecule has 0 bridgehead atoms. The van der Waals surface area contributed by atoms with Crippen molar-refractivity contribution in [1.29, 1.82) is 0 Å². The van der Waals surface area contributed by atoms with Gasteiger partial charge < -0.3 is 5.32 Å². The van der Waals surface area contributed by atoms with Crippen LogP contribution in [-0.2, 0) is 27.1 Å². The van der Waals surface area contributed by atoms with Crippen LogP contribution < -0.4 is 5.32 Å². The van der Waals surface area contributed by atoms with Gasteiger partial charge in [0.15, 0.2) is 9.84 Å². The minimum atomic E-state index is -3.19. The molecule has 0 aromatic carbocycles. The molecular weight excluding hydrogens is 326 g/mol. The van der Waals surface area contributed by atoms with E-state index in [1.807, 2.05) is 6.07 Å². The average Bonchev–Trinajstić information content (AvgIpc) is 2.75. The van der Waals surface area contributed by atoms with E-state index in [1.165, 1.54) is 0 Å². The van der Waals surface area contributed by atoms with Gasteiger partial charge in [0.2, 0.25) is 5.91 Å². The summed E-state index contributed by atoms with van der Waals surface area (Å²) in [6, 6.07) is 1.84. The van der Waals surface area contributed by atoms with E-state index in [1.54, 1.807) is 18.7 Å². The van der Waals surface area contributed by atoms with Crippen LogP contribution in [0.3, 0.4) is 0 Å². The zero-order valence-electron chi connectivity index (χ0n) is 15.3. The highest BCUT2D eigenvalue weighted by atomic mass is 32.2. The molecule has 1 fully saturated rings. The Morgan fingerprint density at radius 3 is 2.50 bits per heavy atom. The van der Waals surface area contributed by atoms with Gasteiger partial charge in [0.05, 0.1) is 17.2 Å². The van der Waals surface area contributed by atoms with Crippen molar-refractivity contribution in [3.8, 4) is 0 Å². The summed E-state index contributed by atoms with van der Waals surface area (Å²) in [5.74, 6) is 0.132. The molecule has 1 heterocycles. The van der Waals surface area contributed by atoms with E-state index in [0.29, 0.717) is 5.82 Å². The summed E-state index contributed by atoms with van der Waals surface area (Å²) in [5, 5.41) is 7.21. The number of sulfone groups is 1. The van der Waals surface area contributed by atoms with Gasteiger partial charge in [-0.05, 0) is 18.8 Å². The fourth-order valence-corrected chi connectivity index (χ4v) is 4.84. The van der Waals surface area contributed by atoms with E-state index < -0.39 is 15.8 Å². The Balaban J connectivity index is 1.97. The van der Waals surface area contributed by atoms with E-state index in [4.69, 9.17) is 0 Å². The van der Waals surface area contributed by atoms with Gasteiger partial charge in [-0.15, -0.1) is 0 Å². The molecule has 1 saturated carbocycles. The molecule has 1 N–H and O–H groups in total. The molecule has 7 heteroatoms. The lowest BCUT2D eigenvalue weighted by atomic mass is 9.87. The molecule has 2 rings (SSSR count). The van der Waals surface area contributed by atoms with Crippen LogP contribution in [0.4, 0.5) is 5.82 Å². The third-order valence-corrected chi connectivity index (χ3v) is 6.55. The SMILES string of the molecule is CC(CS(=O)(=O)CC1CCC1)C(=O)Nc1cc(C(C)(C)C)nn1C. The zero-order chi connectivity index (χ0) is 18.1. The summed E-state index contributed by atoms with van der Waals surface area (Å²) in [4.78, 5) is 12.4. The van der Waals surface area contributed by atoms with E-state index in [-0.39, 0.29) is 28.7 Å². The Kier molecular flexibility index (Phi) is 5.42. The van der Waals surface area contributed by atoms with Gasteiger partial charge in [-0.25, -0.2) is 8.42 Å². The molecule has 24 heavy (non-hydrogen) atoms. The van der Waals surface area contributed by atoms with Crippen LogP contribution >= 0.6 is 0 Å². The third kappa shape index (κ3) is 4.82. The Morgan fingerprint density at radius 2 is 2.04 bits per heavy atom. The van der Waals surface area contributed by atoms with Crippen LogP contribution in [-0.4, -0.2) is 35.6 Å². The lowest BCUT2D eigenvalue weighted by Crippen LogP contribution is -2.31. The highest BCUT2D eigenvalue weighted by Crippen LogP contribution is 2.28. The number of carbonyl (C=O) groups excluding carboxylic acids is 1. The second-order valence-electron chi connectivity index (χ2n) is 8.05. The van der Waals surface area contributed by atoms with Crippen LogP contribution in [0, 0.1) is 11.8 Å². The Labute approximate surface area is 144 Å². The number of amides is 1. The topological polar surface area (TPSA) is 81.1 Å². The van der Waals surface area contributed by atoms with Crippen molar-refractivity contribution < 1.29 is 13.2 Å². The highest BCUT2D eigenvalue weighted by Gasteiger charge is 2.28. The van der Waals surface area contributed by atoms with Crippen LogP contribution in [0.2, 0.25) is 0 Å². The Bertz CT molecular complexity index is 697. The Hall–Kier alpha value is -1.37. The molecule has 1 amide bonds. The molecule has 1 aromatic rings. The van der Waals surface area contributed by atoms with Gasteiger partial charge in [0, 0.05) is 24.4 Å². The van der Waals surface area contributed by atoms with Gasteiger partial charge >= 0.3 is 0 Å². The molecule has 0 saturated heterocycles. The van der Waals surface area contributed by atoms with Crippen molar-refractivity contribution in [2.24, 2.45) is 18.9 Å². The normalized spacial score (nSPS) is 17.4. The van der Waals surface area contributed by atoms with Gasteiger partial charge in [-0.1, -0.05) is 34.1 Å². The molecule has 1 unspecified atom stereocenters. The largest absolute Gasteiger partial charge is 0.311 e. The maximum Gasteiger partial charge on any atom is 0.229 e. The monoisotopic (exact) mass is 355 g/mol. The second kappa shape index (κ2) is 6.86. The first kappa shape index (κ1) is 19.0. The number of nitrogens with zero attached hydrogens (tertiary/aromatic N) is 2. The van der Waals surface area contributed by atoms with Gasteiger partial charge in [-0.2, -0.15) is 5.10 Å². The van der Waals surface area contributed by atoms with E-state index >= 15 is 0 Å². The van der Waals surface area contributed by atoms with Crippen LogP contribution in [0.1, 0.15) is 52.7 Å².